The number of nitrogens with one attached hydrogen (secondary N) is 2. The smallest absolute Gasteiger partial charge is 0.254 e. The van der Waals surface area contributed by atoms with E-state index >= 15 is 0 Å². The Morgan fingerprint density at radius 1 is 1.35 bits per heavy atom. The highest BCUT2D eigenvalue weighted by Crippen LogP contribution is 2.23. The van der Waals surface area contributed by atoms with Crippen LogP contribution < -0.4 is 10.6 Å². The molecule has 0 saturated carbocycles. The summed E-state index contributed by atoms with van der Waals surface area (Å²) in [6, 6.07) is 3.63. The number of rotatable bonds is 6. The van der Waals surface area contributed by atoms with Crippen LogP contribution in [-0.2, 0) is 13.0 Å². The number of aromatic nitrogens is 3. The molecule has 2 N–H and O–H groups in total. The van der Waals surface area contributed by atoms with Gasteiger partial charge in [-0.25, -0.2) is 0 Å². The molecule has 7 heteroatoms. The Morgan fingerprint density at radius 3 is 2.92 bits per heavy atom. The van der Waals surface area contributed by atoms with Crippen molar-refractivity contribution in [2.45, 2.75) is 45.7 Å². The summed E-state index contributed by atoms with van der Waals surface area (Å²) in [5.41, 5.74) is 2.16. The Balaban J connectivity index is 1.61. The van der Waals surface area contributed by atoms with Gasteiger partial charge in [-0.05, 0) is 44.2 Å². The molecular weight excluding hydrogens is 330 g/mol. The zero-order valence-corrected chi connectivity index (χ0v) is 15.2. The fourth-order valence-electron chi connectivity index (χ4n) is 3.10. The molecule has 1 aliphatic rings. The van der Waals surface area contributed by atoms with Crippen molar-refractivity contribution in [3.8, 4) is 0 Å². The van der Waals surface area contributed by atoms with Crippen LogP contribution in [-0.4, -0.2) is 39.2 Å². The van der Waals surface area contributed by atoms with Crippen LogP contribution >= 0.6 is 0 Å². The summed E-state index contributed by atoms with van der Waals surface area (Å²) in [5, 5.41) is 10.3. The highest BCUT2D eigenvalue weighted by molar-refractivity contribution is 5.95. The van der Waals surface area contributed by atoms with Crippen LogP contribution in [0.5, 0.6) is 0 Å². The average molecular weight is 355 g/mol. The highest BCUT2D eigenvalue weighted by atomic mass is 16.2. The molecule has 0 aliphatic carbocycles. The van der Waals surface area contributed by atoms with Gasteiger partial charge in [-0.1, -0.05) is 6.92 Å². The van der Waals surface area contributed by atoms with Crippen LogP contribution in [0.25, 0.3) is 0 Å². The standard InChI is InChI=1S/C19H25N5O2/c1-3-13(2)23-19(26)16-12-22-24-8-6-14(9-17(16)24)10-21-18(25)15-5-4-7-20-11-15/h4-5,7,11-14H,3,6,8-10H2,1-2H3,(H,21,25)(H,23,26)/t13-,14+/m0/s1. The second-order valence-electron chi connectivity index (χ2n) is 6.82. The number of aryl methyl sites for hydroxylation is 1. The Hall–Kier alpha value is -2.70. The lowest BCUT2D eigenvalue weighted by Gasteiger charge is -2.24. The van der Waals surface area contributed by atoms with E-state index in [1.54, 1.807) is 30.7 Å². The van der Waals surface area contributed by atoms with Gasteiger partial charge in [0, 0.05) is 31.5 Å². The Labute approximate surface area is 153 Å². The maximum absolute atomic E-state index is 12.5. The molecule has 2 aromatic rings. The SMILES string of the molecule is CC[C@H](C)NC(=O)c1cnn2c1C[C@H](CNC(=O)c1cccnc1)CC2. The summed E-state index contributed by atoms with van der Waals surface area (Å²) in [4.78, 5) is 28.6. The number of pyridine rings is 1. The first-order chi connectivity index (χ1) is 12.6. The maximum atomic E-state index is 12.5. The van der Waals surface area contributed by atoms with Crippen molar-refractivity contribution in [1.29, 1.82) is 0 Å². The molecule has 0 radical (unpaired) electrons. The van der Waals surface area contributed by atoms with Gasteiger partial charge in [0.2, 0.25) is 0 Å². The summed E-state index contributed by atoms with van der Waals surface area (Å²) in [6.45, 7) is 5.37. The topological polar surface area (TPSA) is 88.9 Å². The van der Waals surface area contributed by atoms with Crippen LogP contribution in [0.2, 0.25) is 0 Å². The lowest BCUT2D eigenvalue weighted by atomic mass is 9.94. The summed E-state index contributed by atoms with van der Waals surface area (Å²) in [6.07, 6.45) is 7.40. The fraction of sp³-hybridized carbons (Fsp3) is 0.474. The molecule has 2 amide bonds. The van der Waals surface area contributed by atoms with Crippen molar-refractivity contribution in [2.75, 3.05) is 6.54 Å². The first-order valence-corrected chi connectivity index (χ1v) is 9.12. The summed E-state index contributed by atoms with van der Waals surface area (Å²) in [7, 11) is 0. The third-order valence-electron chi connectivity index (χ3n) is 4.89. The first kappa shape index (κ1) is 18.1. The maximum Gasteiger partial charge on any atom is 0.254 e. The van der Waals surface area contributed by atoms with Gasteiger partial charge < -0.3 is 10.6 Å². The van der Waals surface area contributed by atoms with Crippen LogP contribution in [0.4, 0.5) is 0 Å². The first-order valence-electron chi connectivity index (χ1n) is 9.12. The fourth-order valence-corrected chi connectivity index (χ4v) is 3.10. The summed E-state index contributed by atoms with van der Waals surface area (Å²) >= 11 is 0. The van der Waals surface area contributed by atoms with Crippen LogP contribution in [0, 0.1) is 5.92 Å². The Morgan fingerprint density at radius 2 is 2.19 bits per heavy atom. The Bertz CT molecular complexity index is 771. The summed E-state index contributed by atoms with van der Waals surface area (Å²) < 4.78 is 1.91. The van der Waals surface area contributed by atoms with E-state index in [9.17, 15) is 9.59 Å². The van der Waals surface area contributed by atoms with Crippen molar-refractivity contribution in [2.24, 2.45) is 5.92 Å². The van der Waals surface area contributed by atoms with Crippen LogP contribution in [0.1, 0.15) is 53.1 Å². The molecule has 138 valence electrons. The lowest BCUT2D eigenvalue weighted by Crippen LogP contribution is -2.35. The van der Waals surface area contributed by atoms with E-state index in [0.29, 0.717) is 17.7 Å². The molecule has 0 bridgehead atoms. The number of amides is 2. The predicted octanol–water partition coefficient (Wildman–Crippen LogP) is 1.80. The lowest BCUT2D eigenvalue weighted by molar-refractivity contribution is 0.0927. The zero-order valence-electron chi connectivity index (χ0n) is 15.2. The number of hydrogen-bond donors (Lipinski definition) is 2. The molecule has 3 rings (SSSR count). The molecule has 1 aliphatic heterocycles. The highest BCUT2D eigenvalue weighted by Gasteiger charge is 2.26. The minimum absolute atomic E-state index is 0.0688. The van der Waals surface area contributed by atoms with Gasteiger partial charge in [-0.2, -0.15) is 5.10 Å². The molecule has 0 fully saturated rings. The van der Waals surface area contributed by atoms with E-state index in [-0.39, 0.29) is 23.8 Å². The van der Waals surface area contributed by atoms with Crippen molar-refractivity contribution in [3.63, 3.8) is 0 Å². The molecule has 7 nitrogen and oxygen atoms in total. The van der Waals surface area contributed by atoms with Gasteiger partial charge in [0.15, 0.2) is 0 Å². The van der Waals surface area contributed by atoms with E-state index in [1.165, 1.54) is 0 Å². The molecule has 2 atom stereocenters. The number of fused-ring (bicyclic) bond motifs is 1. The molecule has 3 heterocycles. The van der Waals surface area contributed by atoms with Gasteiger partial charge in [-0.15, -0.1) is 0 Å². The molecule has 0 unspecified atom stereocenters. The molecule has 2 aromatic heterocycles. The zero-order chi connectivity index (χ0) is 18.5. The van der Waals surface area contributed by atoms with E-state index < -0.39 is 0 Å². The van der Waals surface area contributed by atoms with Crippen molar-refractivity contribution >= 4 is 11.8 Å². The molecular formula is C19H25N5O2. The van der Waals surface area contributed by atoms with E-state index in [0.717, 1.165) is 31.5 Å². The molecule has 26 heavy (non-hydrogen) atoms. The van der Waals surface area contributed by atoms with E-state index in [4.69, 9.17) is 0 Å². The van der Waals surface area contributed by atoms with Gasteiger partial charge in [0.05, 0.1) is 23.0 Å². The van der Waals surface area contributed by atoms with Gasteiger partial charge in [-0.3, -0.25) is 19.3 Å². The van der Waals surface area contributed by atoms with Crippen molar-refractivity contribution in [3.05, 3.63) is 47.5 Å². The van der Waals surface area contributed by atoms with E-state index in [2.05, 4.69) is 20.7 Å². The quantitative estimate of drug-likeness (QED) is 0.827. The number of hydrogen-bond acceptors (Lipinski definition) is 4. The van der Waals surface area contributed by atoms with Gasteiger partial charge >= 0.3 is 0 Å². The summed E-state index contributed by atoms with van der Waals surface area (Å²) in [5.74, 6) is 0.0996. The van der Waals surface area contributed by atoms with Crippen LogP contribution in [0.15, 0.2) is 30.7 Å². The van der Waals surface area contributed by atoms with Gasteiger partial charge in [0.1, 0.15) is 0 Å². The number of carbonyl (C=O) groups excluding carboxylic acids is 2. The second-order valence-corrected chi connectivity index (χ2v) is 6.82. The Kier molecular flexibility index (Phi) is 5.65. The minimum atomic E-state index is -0.119. The molecule has 0 saturated heterocycles. The second kappa shape index (κ2) is 8.12. The minimum Gasteiger partial charge on any atom is -0.352 e. The predicted molar refractivity (Wildman–Crippen MR) is 97.8 cm³/mol. The third kappa shape index (κ3) is 4.09. The number of nitrogens with zero attached hydrogens (tertiary/aromatic N) is 3. The third-order valence-corrected chi connectivity index (χ3v) is 4.89. The van der Waals surface area contributed by atoms with Gasteiger partial charge in [0.25, 0.3) is 11.8 Å². The average Bonchev–Trinajstić information content (AvgIpc) is 3.10. The molecule has 0 spiro atoms. The van der Waals surface area contributed by atoms with Crippen molar-refractivity contribution in [1.82, 2.24) is 25.4 Å². The van der Waals surface area contributed by atoms with E-state index in [1.807, 2.05) is 18.5 Å². The monoisotopic (exact) mass is 355 g/mol. The number of carbonyl (C=O) groups is 2. The van der Waals surface area contributed by atoms with Crippen LogP contribution in [0.3, 0.4) is 0 Å². The molecule has 0 aromatic carbocycles. The largest absolute Gasteiger partial charge is 0.352 e. The van der Waals surface area contributed by atoms with Crippen molar-refractivity contribution < 1.29 is 9.59 Å². The normalized spacial score (nSPS) is 17.2.